The van der Waals surface area contributed by atoms with Crippen LogP contribution in [0.15, 0.2) is 0 Å². The van der Waals surface area contributed by atoms with Crippen molar-refractivity contribution in [2.75, 3.05) is 13.2 Å². The molecule has 136 valence electrons. The third kappa shape index (κ3) is 3.81. The SMILES string of the molecule is OC[C@H]1O[C@H](OC[C@H]2O[C@@H](O)[C@H](O)[C@H](O)[C@@H]2O)[C@H](O)[C@@H](O)[C@@H]1O. The summed E-state index contributed by atoms with van der Waals surface area (Å²) in [5, 5.41) is 76.1. The minimum atomic E-state index is -1.74. The van der Waals surface area contributed by atoms with Crippen molar-refractivity contribution in [3.8, 4) is 0 Å². The molecule has 11 heteroatoms. The van der Waals surface area contributed by atoms with Crippen LogP contribution >= 0.6 is 0 Å². The second kappa shape index (κ2) is 7.63. The average molecular weight is 342 g/mol. The van der Waals surface area contributed by atoms with Gasteiger partial charge in [0.1, 0.15) is 48.8 Å². The fraction of sp³-hybridized carbons (Fsp3) is 1.00. The average Bonchev–Trinajstić information content (AvgIpc) is 2.54. The number of aliphatic hydroxyl groups is 8. The van der Waals surface area contributed by atoms with Gasteiger partial charge in [0.15, 0.2) is 12.6 Å². The third-order valence-corrected chi connectivity index (χ3v) is 3.96. The van der Waals surface area contributed by atoms with E-state index in [-0.39, 0.29) is 0 Å². The van der Waals surface area contributed by atoms with E-state index in [9.17, 15) is 35.7 Å². The summed E-state index contributed by atoms with van der Waals surface area (Å²) in [5.41, 5.74) is 0. The molecule has 0 aromatic rings. The van der Waals surface area contributed by atoms with Crippen molar-refractivity contribution in [2.45, 2.75) is 61.4 Å². The number of aliphatic hydroxyl groups excluding tert-OH is 8. The molecule has 23 heavy (non-hydrogen) atoms. The minimum absolute atomic E-state index is 0.468. The van der Waals surface area contributed by atoms with Gasteiger partial charge < -0.3 is 55.1 Å². The predicted octanol–water partition coefficient (Wildman–Crippen LogP) is -5.40. The van der Waals surface area contributed by atoms with Crippen LogP contribution in [0.5, 0.6) is 0 Å². The van der Waals surface area contributed by atoms with Crippen molar-refractivity contribution in [1.29, 1.82) is 0 Å². The number of rotatable bonds is 4. The smallest absolute Gasteiger partial charge is 0.186 e. The molecule has 2 aliphatic heterocycles. The van der Waals surface area contributed by atoms with E-state index in [1.54, 1.807) is 0 Å². The van der Waals surface area contributed by atoms with E-state index in [4.69, 9.17) is 19.3 Å². The second-order valence-electron chi connectivity index (χ2n) is 5.57. The summed E-state index contributed by atoms with van der Waals surface area (Å²) in [5.74, 6) is 0. The zero-order valence-corrected chi connectivity index (χ0v) is 12.0. The van der Waals surface area contributed by atoms with E-state index in [0.717, 1.165) is 0 Å². The molecule has 0 aromatic heterocycles. The van der Waals surface area contributed by atoms with Crippen LogP contribution in [0, 0.1) is 0 Å². The summed E-state index contributed by atoms with van der Waals surface area (Å²) in [6.45, 7) is -1.10. The van der Waals surface area contributed by atoms with E-state index in [0.29, 0.717) is 0 Å². The Hall–Kier alpha value is -0.440. The van der Waals surface area contributed by atoms with E-state index < -0.39 is 74.6 Å². The van der Waals surface area contributed by atoms with Crippen LogP contribution in [0.25, 0.3) is 0 Å². The summed E-state index contributed by atoms with van der Waals surface area (Å²) in [6.07, 6.45) is -15.3. The Labute approximate surface area is 130 Å². The van der Waals surface area contributed by atoms with Gasteiger partial charge in [-0.2, -0.15) is 0 Å². The van der Waals surface area contributed by atoms with Gasteiger partial charge in [-0.3, -0.25) is 0 Å². The molecule has 10 atom stereocenters. The summed E-state index contributed by atoms with van der Waals surface area (Å²) in [7, 11) is 0. The second-order valence-corrected chi connectivity index (χ2v) is 5.57. The van der Waals surface area contributed by atoms with Crippen LogP contribution in [-0.4, -0.2) is 115 Å². The Morgan fingerprint density at radius 2 is 1.22 bits per heavy atom. The molecule has 0 bridgehead atoms. The van der Waals surface area contributed by atoms with Crippen LogP contribution < -0.4 is 0 Å². The lowest BCUT2D eigenvalue weighted by Gasteiger charge is -2.41. The van der Waals surface area contributed by atoms with Gasteiger partial charge in [-0.25, -0.2) is 0 Å². The maximum absolute atomic E-state index is 9.78. The molecule has 2 rings (SSSR count). The van der Waals surface area contributed by atoms with Crippen molar-refractivity contribution in [1.82, 2.24) is 0 Å². The largest absolute Gasteiger partial charge is 0.394 e. The molecule has 0 amide bonds. The van der Waals surface area contributed by atoms with Crippen LogP contribution in [-0.2, 0) is 14.2 Å². The molecule has 0 aromatic carbocycles. The summed E-state index contributed by atoms with van der Waals surface area (Å²) < 4.78 is 15.1. The highest BCUT2D eigenvalue weighted by molar-refractivity contribution is 4.91. The zero-order chi connectivity index (χ0) is 17.3. The van der Waals surface area contributed by atoms with Crippen LogP contribution in [0.3, 0.4) is 0 Å². The highest BCUT2D eigenvalue weighted by Gasteiger charge is 2.46. The van der Waals surface area contributed by atoms with Gasteiger partial charge in [0.05, 0.1) is 13.2 Å². The van der Waals surface area contributed by atoms with Crippen molar-refractivity contribution in [3.63, 3.8) is 0 Å². The Bertz CT molecular complexity index is 380. The first-order valence-electron chi connectivity index (χ1n) is 7.07. The van der Waals surface area contributed by atoms with Gasteiger partial charge in [-0.05, 0) is 0 Å². The first-order chi connectivity index (χ1) is 10.8. The molecular weight excluding hydrogens is 320 g/mol. The normalized spacial score (nSPS) is 51.7. The van der Waals surface area contributed by atoms with Gasteiger partial charge >= 0.3 is 0 Å². The Morgan fingerprint density at radius 1 is 0.652 bits per heavy atom. The van der Waals surface area contributed by atoms with Crippen molar-refractivity contribution in [2.24, 2.45) is 0 Å². The van der Waals surface area contributed by atoms with Crippen LogP contribution in [0.1, 0.15) is 0 Å². The number of hydrogen-bond acceptors (Lipinski definition) is 11. The topological polar surface area (TPSA) is 190 Å². The van der Waals surface area contributed by atoms with Gasteiger partial charge in [-0.15, -0.1) is 0 Å². The molecule has 0 unspecified atom stereocenters. The molecule has 2 heterocycles. The standard InChI is InChI=1S/C12H22O11/c13-1-3-5(14)8(17)10(19)12(23-3)21-2-4-6(15)7(16)9(18)11(20)22-4/h3-20H,1-2H2/t3-,4-,5-,6-,7-,8+,9-,10-,11-,12+/m1/s1. The monoisotopic (exact) mass is 342 g/mol. The lowest BCUT2D eigenvalue weighted by molar-refractivity contribution is -0.325. The lowest BCUT2D eigenvalue weighted by Crippen LogP contribution is -2.61. The van der Waals surface area contributed by atoms with Gasteiger partial charge in [-0.1, -0.05) is 0 Å². The molecule has 2 fully saturated rings. The molecule has 0 saturated carbocycles. The van der Waals surface area contributed by atoms with E-state index >= 15 is 0 Å². The predicted molar refractivity (Wildman–Crippen MR) is 68.6 cm³/mol. The molecule has 0 spiro atoms. The molecule has 11 nitrogen and oxygen atoms in total. The molecule has 0 radical (unpaired) electrons. The van der Waals surface area contributed by atoms with Crippen molar-refractivity contribution in [3.05, 3.63) is 0 Å². The molecule has 8 N–H and O–H groups in total. The maximum atomic E-state index is 9.78. The zero-order valence-electron chi connectivity index (χ0n) is 12.0. The summed E-state index contributed by atoms with van der Waals surface area (Å²) in [6, 6.07) is 0. The highest BCUT2D eigenvalue weighted by atomic mass is 16.7. The quantitative estimate of drug-likeness (QED) is 0.243. The summed E-state index contributed by atoms with van der Waals surface area (Å²) >= 11 is 0. The molecular formula is C12H22O11. The Morgan fingerprint density at radius 3 is 1.83 bits per heavy atom. The Balaban J connectivity index is 1.94. The summed E-state index contributed by atoms with van der Waals surface area (Å²) in [4.78, 5) is 0. The van der Waals surface area contributed by atoms with Gasteiger partial charge in [0.25, 0.3) is 0 Å². The first-order valence-corrected chi connectivity index (χ1v) is 7.07. The van der Waals surface area contributed by atoms with Crippen molar-refractivity contribution < 1.29 is 55.1 Å². The van der Waals surface area contributed by atoms with E-state index in [1.165, 1.54) is 0 Å². The fourth-order valence-corrected chi connectivity index (χ4v) is 2.46. The molecule has 2 aliphatic rings. The van der Waals surface area contributed by atoms with Crippen molar-refractivity contribution >= 4 is 0 Å². The minimum Gasteiger partial charge on any atom is -0.394 e. The van der Waals surface area contributed by atoms with Gasteiger partial charge in [0.2, 0.25) is 0 Å². The first kappa shape index (κ1) is 18.9. The third-order valence-electron chi connectivity index (χ3n) is 3.96. The Kier molecular flexibility index (Phi) is 6.27. The number of ether oxygens (including phenoxy) is 3. The van der Waals surface area contributed by atoms with Crippen LogP contribution in [0.4, 0.5) is 0 Å². The van der Waals surface area contributed by atoms with Gasteiger partial charge in [0, 0.05) is 0 Å². The van der Waals surface area contributed by atoms with E-state index in [1.807, 2.05) is 0 Å². The van der Waals surface area contributed by atoms with Crippen LogP contribution in [0.2, 0.25) is 0 Å². The highest BCUT2D eigenvalue weighted by Crippen LogP contribution is 2.24. The lowest BCUT2D eigenvalue weighted by atomic mass is 9.98. The number of hydrogen-bond donors (Lipinski definition) is 8. The fourth-order valence-electron chi connectivity index (χ4n) is 2.46. The maximum Gasteiger partial charge on any atom is 0.186 e. The molecule has 0 aliphatic carbocycles. The van der Waals surface area contributed by atoms with E-state index in [2.05, 4.69) is 0 Å². The molecule has 2 saturated heterocycles.